The van der Waals surface area contributed by atoms with E-state index in [0.717, 1.165) is 55.2 Å². The predicted molar refractivity (Wildman–Crippen MR) is 113 cm³/mol. The molecular weight excluding hydrogens is 405 g/mol. The van der Waals surface area contributed by atoms with Crippen LogP contribution in [0.25, 0.3) is 10.7 Å². The minimum Gasteiger partial charge on any atom is -0.379 e. The number of rotatable bonds is 5. The molecule has 144 valence electrons. The Kier molecular flexibility index (Phi) is 8.40. The highest BCUT2D eigenvalue weighted by Crippen LogP contribution is 2.22. The van der Waals surface area contributed by atoms with Crippen LogP contribution in [-0.4, -0.2) is 46.2 Å². The number of hydrogen-bond acceptors (Lipinski definition) is 7. The van der Waals surface area contributed by atoms with E-state index in [2.05, 4.69) is 31.2 Å². The number of morpholine rings is 1. The predicted octanol–water partition coefficient (Wildman–Crippen LogP) is 4.02. The van der Waals surface area contributed by atoms with Crippen molar-refractivity contribution in [1.29, 1.82) is 0 Å². The quantitative estimate of drug-likeness (QED) is 0.665. The van der Waals surface area contributed by atoms with E-state index in [9.17, 15) is 0 Å². The van der Waals surface area contributed by atoms with Gasteiger partial charge in [0.2, 0.25) is 0 Å². The average molecular weight is 426 g/mol. The van der Waals surface area contributed by atoms with Gasteiger partial charge in [-0.3, -0.25) is 4.90 Å². The van der Waals surface area contributed by atoms with Crippen molar-refractivity contribution < 1.29 is 4.74 Å². The van der Waals surface area contributed by atoms with Crippen LogP contribution >= 0.6 is 36.2 Å². The maximum atomic E-state index is 5.38. The summed E-state index contributed by atoms with van der Waals surface area (Å²) in [6, 6.07) is 9.96. The molecule has 1 aliphatic heterocycles. The second-order valence-corrected chi connectivity index (χ2v) is 6.71. The Morgan fingerprint density at radius 2 is 1.89 bits per heavy atom. The first kappa shape index (κ1) is 21.5. The standard InChI is InChI=1S/C18H19N5OS.2ClH/c1-2-15(18-19-6-11-25-18)21-17(3-1)22-16-5-4-14(12-20-16)13-23-7-9-24-10-8-23;;/h1-6,11-12H,7-10,13H2,(H,20,21,22);2*1H. The van der Waals surface area contributed by atoms with Gasteiger partial charge in [-0.15, -0.1) is 36.2 Å². The summed E-state index contributed by atoms with van der Waals surface area (Å²) in [7, 11) is 0. The van der Waals surface area contributed by atoms with Crippen molar-refractivity contribution in [1.82, 2.24) is 19.9 Å². The van der Waals surface area contributed by atoms with Crippen molar-refractivity contribution in [2.24, 2.45) is 0 Å². The third-order valence-corrected chi connectivity index (χ3v) is 4.79. The molecule has 0 saturated carbocycles. The van der Waals surface area contributed by atoms with Crippen LogP contribution in [0.1, 0.15) is 5.56 Å². The van der Waals surface area contributed by atoms with E-state index < -0.39 is 0 Å². The zero-order valence-electron chi connectivity index (χ0n) is 14.6. The largest absolute Gasteiger partial charge is 0.379 e. The van der Waals surface area contributed by atoms with Crippen LogP contribution in [0.3, 0.4) is 0 Å². The Balaban J connectivity index is 0.00000131. The number of pyridine rings is 2. The SMILES string of the molecule is Cl.Cl.c1cc(Nc2ccc(CN3CCOCC3)cn2)nc(-c2nccs2)c1. The van der Waals surface area contributed by atoms with Gasteiger partial charge in [-0.05, 0) is 23.8 Å². The first-order valence-corrected chi connectivity index (χ1v) is 9.14. The summed E-state index contributed by atoms with van der Waals surface area (Å²) >= 11 is 1.58. The fourth-order valence-corrected chi connectivity index (χ4v) is 3.32. The smallest absolute Gasteiger partial charge is 0.141 e. The van der Waals surface area contributed by atoms with Crippen molar-refractivity contribution >= 4 is 47.8 Å². The lowest BCUT2D eigenvalue weighted by Gasteiger charge is -2.26. The molecule has 0 bridgehead atoms. The van der Waals surface area contributed by atoms with Crippen molar-refractivity contribution in [2.45, 2.75) is 6.54 Å². The van der Waals surface area contributed by atoms with Gasteiger partial charge in [0, 0.05) is 37.4 Å². The first-order valence-electron chi connectivity index (χ1n) is 8.26. The van der Waals surface area contributed by atoms with Gasteiger partial charge in [0.15, 0.2) is 0 Å². The van der Waals surface area contributed by atoms with E-state index in [0.29, 0.717) is 0 Å². The van der Waals surface area contributed by atoms with Gasteiger partial charge in [0.05, 0.1) is 13.2 Å². The molecule has 1 N–H and O–H groups in total. The molecule has 6 nitrogen and oxygen atoms in total. The number of aromatic nitrogens is 3. The van der Waals surface area contributed by atoms with E-state index in [-0.39, 0.29) is 24.8 Å². The monoisotopic (exact) mass is 425 g/mol. The number of anilines is 2. The molecule has 0 spiro atoms. The number of nitrogens with one attached hydrogen (secondary N) is 1. The molecule has 9 heteroatoms. The van der Waals surface area contributed by atoms with Gasteiger partial charge in [0.1, 0.15) is 22.3 Å². The summed E-state index contributed by atoms with van der Waals surface area (Å²) in [6.45, 7) is 4.50. The van der Waals surface area contributed by atoms with Gasteiger partial charge in [-0.2, -0.15) is 0 Å². The van der Waals surface area contributed by atoms with E-state index in [4.69, 9.17) is 4.74 Å². The number of halogens is 2. The van der Waals surface area contributed by atoms with Crippen LogP contribution in [0.4, 0.5) is 11.6 Å². The molecule has 4 heterocycles. The third-order valence-electron chi connectivity index (χ3n) is 3.99. The van der Waals surface area contributed by atoms with Gasteiger partial charge in [-0.1, -0.05) is 12.1 Å². The van der Waals surface area contributed by atoms with Gasteiger partial charge >= 0.3 is 0 Å². The highest BCUT2D eigenvalue weighted by molar-refractivity contribution is 7.13. The maximum absolute atomic E-state index is 5.38. The Morgan fingerprint density at radius 1 is 1.04 bits per heavy atom. The summed E-state index contributed by atoms with van der Waals surface area (Å²) in [6.07, 6.45) is 3.71. The Hall–Kier alpha value is -1.77. The molecule has 27 heavy (non-hydrogen) atoms. The molecule has 3 aromatic rings. The lowest BCUT2D eigenvalue weighted by atomic mass is 10.2. The maximum Gasteiger partial charge on any atom is 0.141 e. The second-order valence-electron chi connectivity index (χ2n) is 5.81. The van der Waals surface area contributed by atoms with Crippen LogP contribution in [0.15, 0.2) is 48.1 Å². The molecule has 0 atom stereocenters. The zero-order valence-corrected chi connectivity index (χ0v) is 17.0. The molecule has 0 radical (unpaired) electrons. The fourth-order valence-electron chi connectivity index (χ4n) is 2.71. The summed E-state index contributed by atoms with van der Waals surface area (Å²) in [5.41, 5.74) is 2.07. The second kappa shape index (κ2) is 10.5. The van der Waals surface area contributed by atoms with E-state index in [1.807, 2.05) is 35.8 Å². The number of nitrogens with zero attached hydrogens (tertiary/aromatic N) is 4. The molecule has 1 fully saturated rings. The van der Waals surface area contributed by atoms with Gasteiger partial charge < -0.3 is 10.1 Å². The topological polar surface area (TPSA) is 63.2 Å². The lowest BCUT2D eigenvalue weighted by molar-refractivity contribution is 0.0341. The number of ether oxygens (including phenoxy) is 1. The Morgan fingerprint density at radius 3 is 2.59 bits per heavy atom. The van der Waals surface area contributed by atoms with Crippen LogP contribution in [-0.2, 0) is 11.3 Å². The minimum atomic E-state index is 0. The summed E-state index contributed by atoms with van der Waals surface area (Å²) in [5.74, 6) is 1.55. The van der Waals surface area contributed by atoms with E-state index in [1.54, 1.807) is 17.5 Å². The third kappa shape index (κ3) is 5.85. The first-order chi connectivity index (χ1) is 12.4. The van der Waals surface area contributed by atoms with Crippen molar-refractivity contribution in [2.75, 3.05) is 31.6 Å². The zero-order chi connectivity index (χ0) is 16.9. The van der Waals surface area contributed by atoms with Crippen molar-refractivity contribution in [3.8, 4) is 10.7 Å². The summed E-state index contributed by atoms with van der Waals surface area (Å²) in [4.78, 5) is 15.8. The Labute approximate surface area is 174 Å². The molecule has 0 aliphatic carbocycles. The number of hydrogen-bond donors (Lipinski definition) is 1. The molecule has 0 amide bonds. The molecule has 3 aromatic heterocycles. The van der Waals surface area contributed by atoms with Crippen LogP contribution in [0.5, 0.6) is 0 Å². The highest BCUT2D eigenvalue weighted by Gasteiger charge is 2.11. The summed E-state index contributed by atoms with van der Waals surface area (Å²) in [5, 5.41) is 6.12. The van der Waals surface area contributed by atoms with Crippen molar-refractivity contribution in [3.05, 3.63) is 53.7 Å². The normalized spacial score (nSPS) is 14.1. The van der Waals surface area contributed by atoms with Crippen LogP contribution < -0.4 is 5.32 Å². The molecule has 1 aliphatic rings. The molecule has 0 unspecified atom stereocenters. The molecule has 4 rings (SSSR count). The van der Waals surface area contributed by atoms with Crippen LogP contribution in [0, 0.1) is 0 Å². The minimum absolute atomic E-state index is 0. The van der Waals surface area contributed by atoms with E-state index >= 15 is 0 Å². The lowest BCUT2D eigenvalue weighted by Crippen LogP contribution is -2.35. The average Bonchev–Trinajstić information content (AvgIpc) is 3.19. The van der Waals surface area contributed by atoms with Crippen LogP contribution in [0.2, 0.25) is 0 Å². The Bertz CT molecular complexity index is 811. The van der Waals surface area contributed by atoms with Crippen molar-refractivity contribution in [3.63, 3.8) is 0 Å². The van der Waals surface area contributed by atoms with Gasteiger partial charge in [-0.25, -0.2) is 15.0 Å². The molecule has 1 saturated heterocycles. The highest BCUT2D eigenvalue weighted by atomic mass is 35.5. The van der Waals surface area contributed by atoms with E-state index in [1.165, 1.54) is 5.56 Å². The number of thiazole rings is 1. The van der Waals surface area contributed by atoms with Gasteiger partial charge in [0.25, 0.3) is 0 Å². The molecule has 0 aromatic carbocycles. The molecular formula is C18H21Cl2N5OS. The summed E-state index contributed by atoms with van der Waals surface area (Å²) < 4.78 is 5.38. The fraction of sp³-hybridized carbons (Fsp3) is 0.278.